The molecule has 2 rings (SSSR count). The van der Waals surface area contributed by atoms with Crippen LogP contribution in [0.25, 0.3) is 0 Å². The van der Waals surface area contributed by atoms with E-state index in [9.17, 15) is 8.42 Å². The maximum absolute atomic E-state index is 12.2. The Labute approximate surface area is 109 Å². The van der Waals surface area contributed by atoms with E-state index in [4.69, 9.17) is 5.73 Å². The van der Waals surface area contributed by atoms with Crippen molar-refractivity contribution in [3.8, 4) is 0 Å². The van der Waals surface area contributed by atoms with Crippen LogP contribution < -0.4 is 10.5 Å². The summed E-state index contributed by atoms with van der Waals surface area (Å²) in [6.45, 7) is 3.70. The summed E-state index contributed by atoms with van der Waals surface area (Å²) in [4.78, 5) is 0.872. The van der Waals surface area contributed by atoms with Crippen LogP contribution in [-0.2, 0) is 16.6 Å². The first-order valence-electron chi connectivity index (χ1n) is 5.26. The quantitative estimate of drug-likeness (QED) is 0.789. The number of anilines is 1. The van der Waals surface area contributed by atoms with Gasteiger partial charge in [0.15, 0.2) is 0 Å². The third kappa shape index (κ3) is 2.26. The summed E-state index contributed by atoms with van der Waals surface area (Å²) < 4.78 is 27.0. The Morgan fingerprint density at radius 1 is 1.50 bits per heavy atom. The van der Waals surface area contributed by atoms with Crippen molar-refractivity contribution in [1.29, 1.82) is 0 Å². The number of rotatable bonds is 4. The highest BCUT2D eigenvalue weighted by Crippen LogP contribution is 2.25. The molecule has 0 saturated carbocycles. The molecule has 0 fully saturated rings. The Morgan fingerprint density at radius 3 is 2.78 bits per heavy atom. The summed E-state index contributed by atoms with van der Waals surface area (Å²) in [6.07, 6.45) is 0. The Morgan fingerprint density at radius 2 is 2.22 bits per heavy atom. The zero-order chi connectivity index (χ0) is 13.3. The zero-order valence-corrected chi connectivity index (χ0v) is 11.7. The molecule has 6 nitrogen and oxygen atoms in total. The van der Waals surface area contributed by atoms with Gasteiger partial charge in [-0.25, -0.2) is 8.42 Å². The van der Waals surface area contributed by atoms with Crippen molar-refractivity contribution in [3.05, 3.63) is 27.7 Å². The van der Waals surface area contributed by atoms with E-state index in [1.165, 1.54) is 11.3 Å². The van der Waals surface area contributed by atoms with Gasteiger partial charge >= 0.3 is 0 Å². The van der Waals surface area contributed by atoms with Crippen molar-refractivity contribution in [2.24, 2.45) is 5.73 Å². The van der Waals surface area contributed by atoms with Gasteiger partial charge in [0.05, 0.1) is 17.1 Å². The van der Waals surface area contributed by atoms with Crippen molar-refractivity contribution in [2.45, 2.75) is 25.3 Å². The number of hydrogen-bond donors (Lipinski definition) is 3. The molecule has 0 spiro atoms. The van der Waals surface area contributed by atoms with Crippen LogP contribution in [0.2, 0.25) is 0 Å². The summed E-state index contributed by atoms with van der Waals surface area (Å²) >= 11 is 1.33. The lowest BCUT2D eigenvalue weighted by Crippen LogP contribution is -2.15. The van der Waals surface area contributed by atoms with E-state index in [2.05, 4.69) is 14.9 Å². The molecule has 0 saturated heterocycles. The van der Waals surface area contributed by atoms with Crippen molar-refractivity contribution < 1.29 is 8.42 Å². The number of nitrogens with one attached hydrogen (secondary N) is 2. The van der Waals surface area contributed by atoms with Crippen LogP contribution in [0.15, 0.2) is 16.3 Å². The van der Waals surface area contributed by atoms with Gasteiger partial charge in [-0.15, -0.1) is 11.3 Å². The number of hydrogen-bond acceptors (Lipinski definition) is 5. The van der Waals surface area contributed by atoms with Gasteiger partial charge < -0.3 is 5.73 Å². The number of aromatic nitrogens is 2. The predicted octanol–water partition coefficient (Wildman–Crippen LogP) is 1.35. The van der Waals surface area contributed by atoms with Gasteiger partial charge in [0.2, 0.25) is 0 Å². The first-order chi connectivity index (χ1) is 8.45. The summed E-state index contributed by atoms with van der Waals surface area (Å²) in [5.74, 6) is 0. The van der Waals surface area contributed by atoms with Gasteiger partial charge in [-0.3, -0.25) is 9.82 Å². The molecule has 0 aliphatic carbocycles. The second kappa shape index (κ2) is 4.71. The van der Waals surface area contributed by atoms with Crippen molar-refractivity contribution in [2.75, 3.05) is 4.72 Å². The molecule has 0 aliphatic heterocycles. The predicted molar refractivity (Wildman–Crippen MR) is 71.1 cm³/mol. The summed E-state index contributed by atoms with van der Waals surface area (Å²) in [7, 11) is -3.61. The van der Waals surface area contributed by atoms with Gasteiger partial charge in [-0.1, -0.05) is 0 Å². The van der Waals surface area contributed by atoms with Crippen molar-refractivity contribution in [3.63, 3.8) is 0 Å². The van der Waals surface area contributed by atoms with Crippen molar-refractivity contribution >= 4 is 27.0 Å². The normalized spacial score (nSPS) is 11.7. The molecule has 2 aromatic heterocycles. The average molecular weight is 286 g/mol. The number of nitrogens with two attached hydrogens (primary N) is 1. The van der Waals surface area contributed by atoms with E-state index in [1.54, 1.807) is 25.3 Å². The Bertz CT molecular complexity index is 638. The molecule has 8 heteroatoms. The highest BCUT2D eigenvalue weighted by Gasteiger charge is 2.21. The average Bonchev–Trinajstić information content (AvgIpc) is 2.91. The SMILES string of the molecule is Cc1n[nH]c(C)c1NS(=O)(=O)c1ccsc1CN. The Kier molecular flexibility index (Phi) is 3.42. The van der Waals surface area contributed by atoms with Gasteiger partial charge in [-0.2, -0.15) is 5.10 Å². The lowest BCUT2D eigenvalue weighted by Gasteiger charge is -2.08. The summed E-state index contributed by atoms with van der Waals surface area (Å²) in [5.41, 5.74) is 7.31. The lowest BCUT2D eigenvalue weighted by atomic mass is 10.3. The number of aromatic amines is 1. The van der Waals surface area contributed by atoms with Crippen LogP contribution in [0.5, 0.6) is 0 Å². The van der Waals surface area contributed by atoms with Gasteiger partial charge in [0.25, 0.3) is 10.0 Å². The van der Waals surface area contributed by atoms with Gasteiger partial charge in [0.1, 0.15) is 4.90 Å². The molecule has 0 aliphatic rings. The number of aryl methyl sites for hydroxylation is 2. The molecular weight excluding hydrogens is 272 g/mol. The Balaban J connectivity index is 2.39. The molecule has 2 aromatic rings. The van der Waals surface area contributed by atoms with Gasteiger partial charge in [-0.05, 0) is 25.3 Å². The van der Waals surface area contributed by atoms with Crippen LogP contribution in [0.4, 0.5) is 5.69 Å². The second-order valence-corrected chi connectivity index (χ2v) is 6.48. The van der Waals surface area contributed by atoms with Gasteiger partial charge in [0, 0.05) is 11.4 Å². The molecule has 2 heterocycles. The van der Waals surface area contributed by atoms with E-state index in [0.29, 0.717) is 22.0 Å². The topological polar surface area (TPSA) is 101 Å². The summed E-state index contributed by atoms with van der Waals surface area (Å²) in [5, 5.41) is 8.40. The second-order valence-electron chi connectivity index (χ2n) is 3.83. The zero-order valence-electron chi connectivity index (χ0n) is 10.0. The molecule has 0 amide bonds. The van der Waals surface area contributed by atoms with E-state index >= 15 is 0 Å². The fourth-order valence-electron chi connectivity index (χ4n) is 1.61. The molecule has 0 aromatic carbocycles. The molecule has 0 radical (unpaired) electrons. The number of sulfonamides is 1. The first-order valence-corrected chi connectivity index (χ1v) is 7.63. The third-order valence-corrected chi connectivity index (χ3v) is 5.05. The van der Waals surface area contributed by atoms with Crippen LogP contribution in [0.3, 0.4) is 0 Å². The standard InChI is InChI=1S/C10H14N4O2S2/c1-6-10(7(2)13-12-6)14-18(15,16)9-3-4-17-8(9)5-11/h3-4,14H,5,11H2,1-2H3,(H,12,13). The maximum Gasteiger partial charge on any atom is 0.263 e. The molecule has 4 N–H and O–H groups in total. The van der Waals surface area contributed by atoms with Crippen LogP contribution in [0, 0.1) is 13.8 Å². The fraction of sp³-hybridized carbons (Fsp3) is 0.300. The number of nitrogens with zero attached hydrogens (tertiary/aromatic N) is 1. The minimum Gasteiger partial charge on any atom is -0.326 e. The first kappa shape index (κ1) is 13.1. The van der Waals surface area contributed by atoms with E-state index in [1.807, 2.05) is 0 Å². The van der Waals surface area contributed by atoms with Crippen LogP contribution >= 0.6 is 11.3 Å². The maximum atomic E-state index is 12.2. The molecule has 98 valence electrons. The molecule has 0 atom stereocenters. The lowest BCUT2D eigenvalue weighted by molar-refractivity contribution is 0.600. The Hall–Kier alpha value is -1.38. The summed E-state index contributed by atoms with van der Waals surface area (Å²) in [6, 6.07) is 1.56. The molecular formula is C10H14N4O2S2. The largest absolute Gasteiger partial charge is 0.326 e. The monoisotopic (exact) mass is 286 g/mol. The number of thiophene rings is 1. The highest BCUT2D eigenvalue weighted by molar-refractivity contribution is 7.93. The fourth-order valence-corrected chi connectivity index (χ4v) is 4.13. The van der Waals surface area contributed by atoms with E-state index in [-0.39, 0.29) is 11.4 Å². The molecule has 0 unspecified atom stereocenters. The molecule has 0 bridgehead atoms. The van der Waals surface area contributed by atoms with E-state index < -0.39 is 10.0 Å². The highest BCUT2D eigenvalue weighted by atomic mass is 32.2. The number of H-pyrrole nitrogens is 1. The van der Waals surface area contributed by atoms with Crippen LogP contribution in [0.1, 0.15) is 16.3 Å². The molecule has 18 heavy (non-hydrogen) atoms. The third-order valence-electron chi connectivity index (χ3n) is 2.54. The van der Waals surface area contributed by atoms with Crippen molar-refractivity contribution in [1.82, 2.24) is 10.2 Å². The smallest absolute Gasteiger partial charge is 0.263 e. The minimum absolute atomic E-state index is 0.206. The van der Waals surface area contributed by atoms with E-state index in [0.717, 1.165) is 0 Å². The minimum atomic E-state index is -3.61. The van der Waals surface area contributed by atoms with Crippen LogP contribution in [-0.4, -0.2) is 18.6 Å².